The normalized spacial score (nSPS) is 14.8. The lowest BCUT2D eigenvalue weighted by molar-refractivity contribution is 0.669. The zero-order chi connectivity index (χ0) is 41.9. The van der Waals surface area contributed by atoms with Crippen molar-refractivity contribution in [3.05, 3.63) is 182 Å². The van der Waals surface area contributed by atoms with Crippen molar-refractivity contribution in [2.24, 2.45) is 0 Å². The van der Waals surface area contributed by atoms with Crippen molar-refractivity contribution >= 4 is 54.3 Å². The van der Waals surface area contributed by atoms with Crippen LogP contribution in [0.4, 0.5) is 0 Å². The van der Waals surface area contributed by atoms with E-state index in [1.54, 1.807) is 0 Å². The van der Waals surface area contributed by atoms with Gasteiger partial charge in [0, 0.05) is 10.8 Å². The van der Waals surface area contributed by atoms with E-state index in [0.717, 1.165) is 54.6 Å². The van der Waals surface area contributed by atoms with Gasteiger partial charge in [-0.25, -0.2) is 0 Å². The quantitative estimate of drug-likeness (QED) is 0.176. The Balaban J connectivity index is 1.22. The molecule has 0 radical (unpaired) electrons. The lowest BCUT2D eigenvalue weighted by Crippen LogP contribution is -1.91. The molecule has 0 saturated carbocycles. The average Bonchev–Trinajstić information content (AvgIpc) is 3.69. The molecular formula is C48H30O. The number of hydrogen-bond donors (Lipinski definition) is 0. The van der Waals surface area contributed by atoms with Gasteiger partial charge in [0.05, 0.1) is 15.1 Å². The van der Waals surface area contributed by atoms with Gasteiger partial charge in [-0.1, -0.05) is 158 Å². The number of furan rings is 1. The van der Waals surface area contributed by atoms with Crippen LogP contribution in [0, 0.1) is 0 Å². The molecule has 10 rings (SSSR count). The Morgan fingerprint density at radius 1 is 0.347 bits per heavy atom. The number of benzene rings is 9. The van der Waals surface area contributed by atoms with Crippen LogP contribution in [0.3, 0.4) is 0 Å². The van der Waals surface area contributed by atoms with E-state index in [-0.39, 0.29) is 45.6 Å². The van der Waals surface area contributed by atoms with Crippen molar-refractivity contribution in [2.45, 2.75) is 0 Å². The van der Waals surface area contributed by atoms with E-state index < -0.39 is 59.5 Å². The van der Waals surface area contributed by atoms with Gasteiger partial charge in [0.2, 0.25) is 0 Å². The topological polar surface area (TPSA) is 13.1 Å². The molecule has 1 heteroatoms. The molecule has 228 valence electrons. The van der Waals surface area contributed by atoms with Gasteiger partial charge in [-0.2, -0.15) is 0 Å². The number of rotatable bonds is 4. The lowest BCUT2D eigenvalue weighted by Gasteiger charge is -2.18. The summed E-state index contributed by atoms with van der Waals surface area (Å²) in [5.41, 5.74) is 3.52. The second-order valence-corrected chi connectivity index (χ2v) is 12.0. The molecule has 0 N–H and O–H groups in total. The maximum absolute atomic E-state index is 9.64. The molecule has 0 atom stereocenters. The van der Waals surface area contributed by atoms with Crippen LogP contribution in [0.2, 0.25) is 0 Å². The van der Waals surface area contributed by atoms with Crippen molar-refractivity contribution in [3.63, 3.8) is 0 Å². The van der Waals surface area contributed by atoms with Crippen LogP contribution in [-0.2, 0) is 0 Å². The molecule has 1 aromatic heterocycles. The summed E-state index contributed by atoms with van der Waals surface area (Å²) in [5, 5.41) is 5.30. The summed E-state index contributed by atoms with van der Waals surface area (Å²) in [6.45, 7) is 0. The van der Waals surface area contributed by atoms with Crippen LogP contribution in [-0.4, -0.2) is 0 Å². The SMILES string of the molecule is [2H]c1c([2H])c([2H])c(-c2c([2H])c([2H])c3c(oc4c([2H])c(-c5c6ccccc6c(-c6ccc(-c7cccc8ccccc78)cc6)c6ccccc56)c([2H])c([2H])c43)c2[2H])c([2H])c1[2H]. The molecule has 9 aromatic carbocycles. The first-order chi connectivity index (χ1) is 28.9. The summed E-state index contributed by atoms with van der Waals surface area (Å²) in [5.74, 6) is 0. The molecule has 0 aliphatic heterocycles. The zero-order valence-corrected chi connectivity index (χ0v) is 25.9. The zero-order valence-electron chi connectivity index (χ0n) is 36.9. The minimum atomic E-state index is -0.658. The second kappa shape index (κ2) is 11.1. The Morgan fingerprint density at radius 3 is 1.51 bits per heavy atom. The minimum Gasteiger partial charge on any atom is -0.456 e. The highest BCUT2D eigenvalue weighted by Gasteiger charge is 2.18. The Bertz CT molecular complexity index is 3410. The standard InChI is InChI=1S/C48H30O/c1-2-11-31(12-3-1)35-25-27-39-40-28-26-36(30-46(40)49-45(39)29-35)48-43-18-8-6-16-41(43)47(42-17-7-9-19-44(42)48)34-23-21-33(22-24-34)38-20-10-14-32-13-4-5-15-37(32)38/h1-30H/i1D,2D,3D,11D,12D,25D,26D,27D,28D,29D,30D. The van der Waals surface area contributed by atoms with Gasteiger partial charge in [-0.3, -0.25) is 0 Å². The first-order valence-electron chi connectivity index (χ1n) is 21.5. The van der Waals surface area contributed by atoms with Gasteiger partial charge < -0.3 is 4.42 Å². The maximum atomic E-state index is 9.64. The van der Waals surface area contributed by atoms with Gasteiger partial charge in [0.25, 0.3) is 0 Å². The molecule has 0 unspecified atom stereocenters. The van der Waals surface area contributed by atoms with Crippen LogP contribution < -0.4 is 0 Å². The van der Waals surface area contributed by atoms with E-state index in [0.29, 0.717) is 5.56 Å². The molecule has 49 heavy (non-hydrogen) atoms. The smallest absolute Gasteiger partial charge is 0.136 e. The van der Waals surface area contributed by atoms with E-state index in [2.05, 4.69) is 54.6 Å². The predicted molar refractivity (Wildman–Crippen MR) is 208 cm³/mol. The summed E-state index contributed by atoms with van der Waals surface area (Å²) >= 11 is 0. The Hall–Kier alpha value is -6.44. The van der Waals surface area contributed by atoms with Gasteiger partial charge in [-0.05, 0) is 101 Å². The third kappa shape index (κ3) is 4.47. The molecule has 0 fully saturated rings. The first kappa shape index (κ1) is 18.8. The lowest BCUT2D eigenvalue weighted by atomic mass is 9.85. The van der Waals surface area contributed by atoms with Gasteiger partial charge in [0.15, 0.2) is 0 Å². The van der Waals surface area contributed by atoms with Crippen molar-refractivity contribution in [1.82, 2.24) is 0 Å². The fourth-order valence-corrected chi connectivity index (χ4v) is 7.01. The summed E-state index contributed by atoms with van der Waals surface area (Å²) in [6, 6.07) is 32.7. The van der Waals surface area contributed by atoms with E-state index in [1.165, 1.54) is 0 Å². The predicted octanol–water partition coefficient (Wildman–Crippen LogP) is 13.7. The summed E-state index contributed by atoms with van der Waals surface area (Å²) in [7, 11) is 0. The fourth-order valence-electron chi connectivity index (χ4n) is 7.01. The van der Waals surface area contributed by atoms with Crippen molar-refractivity contribution < 1.29 is 19.5 Å². The highest BCUT2D eigenvalue weighted by atomic mass is 16.3. The molecule has 10 aromatic rings. The van der Waals surface area contributed by atoms with Crippen LogP contribution in [0.5, 0.6) is 0 Å². The fraction of sp³-hybridized carbons (Fsp3) is 0. The Morgan fingerprint density at radius 2 is 0.857 bits per heavy atom. The highest BCUT2D eigenvalue weighted by Crippen LogP contribution is 2.45. The third-order valence-electron chi connectivity index (χ3n) is 9.22. The Labute approximate surface area is 299 Å². The minimum absolute atomic E-state index is 0.0834. The van der Waals surface area contributed by atoms with E-state index >= 15 is 0 Å². The van der Waals surface area contributed by atoms with Crippen molar-refractivity contribution in [2.75, 3.05) is 0 Å². The summed E-state index contributed by atoms with van der Waals surface area (Å²) < 4.78 is 103. The molecule has 0 spiro atoms. The van der Waals surface area contributed by atoms with Gasteiger partial charge >= 0.3 is 0 Å². The molecule has 0 amide bonds. The summed E-state index contributed by atoms with van der Waals surface area (Å²) in [4.78, 5) is 0. The third-order valence-corrected chi connectivity index (χ3v) is 9.22. The second-order valence-electron chi connectivity index (χ2n) is 12.0. The number of hydrogen-bond acceptors (Lipinski definition) is 1. The molecule has 0 aliphatic carbocycles. The summed E-state index contributed by atoms with van der Waals surface area (Å²) in [6.07, 6.45) is 0. The molecular weight excluding hydrogens is 593 g/mol. The van der Waals surface area contributed by atoms with E-state index in [1.807, 2.05) is 60.7 Å². The average molecular weight is 634 g/mol. The molecule has 0 aliphatic rings. The van der Waals surface area contributed by atoms with Crippen molar-refractivity contribution in [1.29, 1.82) is 0 Å². The monoisotopic (exact) mass is 633 g/mol. The van der Waals surface area contributed by atoms with Crippen LogP contribution in [0.1, 0.15) is 15.1 Å². The van der Waals surface area contributed by atoms with Gasteiger partial charge in [-0.15, -0.1) is 0 Å². The maximum Gasteiger partial charge on any atom is 0.136 e. The number of fused-ring (bicyclic) bond motifs is 6. The largest absolute Gasteiger partial charge is 0.456 e. The van der Waals surface area contributed by atoms with E-state index in [4.69, 9.17) is 15.4 Å². The molecule has 1 nitrogen and oxygen atoms in total. The van der Waals surface area contributed by atoms with Crippen molar-refractivity contribution in [3.8, 4) is 44.5 Å². The Kier molecular flexibility index (Phi) is 4.25. The molecule has 1 heterocycles. The van der Waals surface area contributed by atoms with E-state index in [9.17, 15) is 4.11 Å². The molecule has 0 saturated heterocycles. The first-order valence-corrected chi connectivity index (χ1v) is 16.0. The highest BCUT2D eigenvalue weighted by molar-refractivity contribution is 6.22. The molecule has 0 bridgehead atoms. The van der Waals surface area contributed by atoms with Crippen LogP contribution in [0.25, 0.3) is 98.8 Å². The van der Waals surface area contributed by atoms with Crippen LogP contribution in [0.15, 0.2) is 186 Å². The van der Waals surface area contributed by atoms with Crippen LogP contribution >= 0.6 is 0 Å². The van der Waals surface area contributed by atoms with Gasteiger partial charge in [0.1, 0.15) is 11.2 Å².